The summed E-state index contributed by atoms with van der Waals surface area (Å²) in [5.74, 6) is 0. The SMILES string of the molecule is CCN(CC)c1ccc2c(CCCCCN(C)Cc3ccccc3B(O)O)c(C=O)c(=O)oc2c1. The van der Waals surface area contributed by atoms with E-state index in [-0.39, 0.29) is 5.56 Å². The number of fused-ring (bicyclic) bond motifs is 1. The van der Waals surface area contributed by atoms with Crippen molar-refractivity contribution in [3.8, 4) is 0 Å². The average molecular weight is 478 g/mol. The Morgan fingerprint density at radius 2 is 1.77 bits per heavy atom. The summed E-state index contributed by atoms with van der Waals surface area (Å²) in [4.78, 5) is 28.5. The molecule has 186 valence electrons. The summed E-state index contributed by atoms with van der Waals surface area (Å²) in [6, 6.07) is 13.2. The lowest BCUT2D eigenvalue weighted by Crippen LogP contribution is -2.35. The van der Waals surface area contributed by atoms with Crippen molar-refractivity contribution in [2.75, 3.05) is 31.6 Å². The molecule has 2 N–H and O–H groups in total. The molecule has 0 unspecified atom stereocenters. The van der Waals surface area contributed by atoms with Crippen LogP contribution in [0, 0.1) is 0 Å². The van der Waals surface area contributed by atoms with Gasteiger partial charge in [0, 0.05) is 36.8 Å². The molecule has 35 heavy (non-hydrogen) atoms. The summed E-state index contributed by atoms with van der Waals surface area (Å²) in [5, 5.41) is 19.9. The second-order valence-corrected chi connectivity index (χ2v) is 8.87. The van der Waals surface area contributed by atoms with Crippen molar-refractivity contribution in [3.63, 3.8) is 0 Å². The third-order valence-electron chi connectivity index (χ3n) is 6.52. The van der Waals surface area contributed by atoms with Gasteiger partial charge >= 0.3 is 12.7 Å². The number of nitrogens with zero attached hydrogens (tertiary/aromatic N) is 2. The van der Waals surface area contributed by atoms with Gasteiger partial charge in [-0.1, -0.05) is 30.7 Å². The van der Waals surface area contributed by atoms with Gasteiger partial charge in [0.15, 0.2) is 6.29 Å². The first-order valence-corrected chi connectivity index (χ1v) is 12.3. The van der Waals surface area contributed by atoms with E-state index in [2.05, 4.69) is 23.6 Å². The lowest BCUT2D eigenvalue weighted by atomic mass is 9.77. The zero-order valence-corrected chi connectivity index (χ0v) is 20.9. The van der Waals surface area contributed by atoms with Crippen LogP contribution in [-0.2, 0) is 13.0 Å². The first-order chi connectivity index (χ1) is 16.9. The van der Waals surface area contributed by atoms with E-state index in [4.69, 9.17) is 4.42 Å². The van der Waals surface area contributed by atoms with E-state index < -0.39 is 12.7 Å². The number of unbranched alkanes of at least 4 members (excludes halogenated alkanes) is 2. The average Bonchev–Trinajstić information content (AvgIpc) is 2.84. The number of hydrogen-bond acceptors (Lipinski definition) is 7. The van der Waals surface area contributed by atoms with E-state index in [1.54, 1.807) is 12.1 Å². The molecule has 0 bridgehead atoms. The highest BCUT2D eigenvalue weighted by molar-refractivity contribution is 6.59. The Kier molecular flexibility index (Phi) is 9.66. The second-order valence-electron chi connectivity index (χ2n) is 8.87. The molecule has 0 aliphatic carbocycles. The van der Waals surface area contributed by atoms with E-state index in [1.165, 1.54) is 0 Å². The summed E-state index contributed by atoms with van der Waals surface area (Å²) in [6.45, 7) is 7.34. The summed E-state index contributed by atoms with van der Waals surface area (Å²) in [6.07, 6.45) is 3.97. The van der Waals surface area contributed by atoms with Crippen molar-refractivity contribution >= 4 is 35.5 Å². The number of aryl methyl sites for hydroxylation is 1. The largest absolute Gasteiger partial charge is 0.488 e. The van der Waals surface area contributed by atoms with Crippen molar-refractivity contribution in [3.05, 3.63) is 69.6 Å². The highest BCUT2D eigenvalue weighted by Crippen LogP contribution is 2.26. The van der Waals surface area contributed by atoms with Gasteiger partial charge in [0.2, 0.25) is 0 Å². The van der Waals surface area contributed by atoms with E-state index in [1.807, 2.05) is 37.4 Å². The Bertz CT molecular complexity index is 1190. The maximum atomic E-state index is 12.5. The highest BCUT2D eigenvalue weighted by Gasteiger charge is 2.17. The summed E-state index contributed by atoms with van der Waals surface area (Å²) < 4.78 is 5.49. The first-order valence-electron chi connectivity index (χ1n) is 12.3. The lowest BCUT2D eigenvalue weighted by Gasteiger charge is -2.21. The van der Waals surface area contributed by atoms with Gasteiger partial charge in [-0.25, -0.2) is 4.79 Å². The lowest BCUT2D eigenvalue weighted by molar-refractivity contribution is 0.111. The van der Waals surface area contributed by atoms with E-state index in [0.717, 1.165) is 61.1 Å². The molecule has 0 atom stereocenters. The molecular formula is C27H35BN2O5. The quantitative estimate of drug-likeness (QED) is 0.169. The minimum atomic E-state index is -1.48. The zero-order valence-electron chi connectivity index (χ0n) is 20.9. The molecule has 1 heterocycles. The topological polar surface area (TPSA) is 94.2 Å². The van der Waals surface area contributed by atoms with Gasteiger partial charge < -0.3 is 24.3 Å². The minimum absolute atomic E-state index is 0.115. The molecule has 0 fully saturated rings. The molecule has 1 aromatic heterocycles. The molecular weight excluding hydrogens is 443 g/mol. The summed E-state index contributed by atoms with van der Waals surface area (Å²) in [7, 11) is 0.530. The van der Waals surface area contributed by atoms with E-state index >= 15 is 0 Å². The van der Waals surface area contributed by atoms with Gasteiger partial charge in [0.25, 0.3) is 0 Å². The van der Waals surface area contributed by atoms with Crippen LogP contribution < -0.4 is 16.0 Å². The molecule has 0 aliphatic heterocycles. The van der Waals surface area contributed by atoms with Crippen molar-refractivity contribution in [1.29, 1.82) is 0 Å². The van der Waals surface area contributed by atoms with Crippen LogP contribution in [-0.4, -0.2) is 55.0 Å². The van der Waals surface area contributed by atoms with Crippen molar-refractivity contribution in [2.45, 2.75) is 46.1 Å². The smallest absolute Gasteiger partial charge is 0.423 e. The molecule has 0 saturated heterocycles. The molecule has 0 aliphatic rings. The fraction of sp³-hybridized carbons (Fsp3) is 0.407. The normalized spacial score (nSPS) is 11.3. The molecule has 3 aromatic rings. The van der Waals surface area contributed by atoms with Gasteiger partial charge in [0.05, 0.1) is 0 Å². The maximum Gasteiger partial charge on any atom is 0.488 e. The van der Waals surface area contributed by atoms with Crippen LogP contribution >= 0.6 is 0 Å². The third kappa shape index (κ3) is 6.60. The minimum Gasteiger partial charge on any atom is -0.423 e. The number of carbonyl (C=O) groups is 1. The number of hydrogen-bond donors (Lipinski definition) is 2. The monoisotopic (exact) mass is 478 g/mol. The van der Waals surface area contributed by atoms with Crippen LogP contribution in [0.1, 0.15) is 54.6 Å². The fourth-order valence-corrected chi connectivity index (χ4v) is 4.60. The Hall–Kier alpha value is -2.94. The van der Waals surface area contributed by atoms with Crippen LogP contribution in [0.2, 0.25) is 0 Å². The Morgan fingerprint density at radius 1 is 1.03 bits per heavy atom. The number of anilines is 1. The molecule has 0 spiro atoms. The van der Waals surface area contributed by atoms with Crippen LogP contribution in [0.15, 0.2) is 51.7 Å². The van der Waals surface area contributed by atoms with Crippen LogP contribution in [0.3, 0.4) is 0 Å². The van der Waals surface area contributed by atoms with Gasteiger partial charge in [-0.2, -0.15) is 0 Å². The molecule has 8 heteroatoms. The molecule has 7 nitrogen and oxygen atoms in total. The Balaban J connectivity index is 1.63. The first kappa shape index (κ1) is 26.7. The second kappa shape index (κ2) is 12.7. The fourth-order valence-electron chi connectivity index (χ4n) is 4.60. The Labute approximate surface area is 207 Å². The van der Waals surface area contributed by atoms with Crippen molar-refractivity contribution < 1.29 is 19.3 Å². The molecule has 0 saturated carbocycles. The number of rotatable bonds is 13. The zero-order chi connectivity index (χ0) is 25.4. The van der Waals surface area contributed by atoms with Gasteiger partial charge in [-0.15, -0.1) is 0 Å². The highest BCUT2D eigenvalue weighted by atomic mass is 16.4. The molecule has 0 radical (unpaired) electrons. The van der Waals surface area contributed by atoms with Gasteiger partial charge in [0.1, 0.15) is 11.1 Å². The molecule has 2 aromatic carbocycles. The number of carbonyl (C=O) groups excluding carboxylic acids is 1. The van der Waals surface area contributed by atoms with Crippen molar-refractivity contribution in [2.24, 2.45) is 0 Å². The number of benzene rings is 2. The maximum absolute atomic E-state index is 12.5. The summed E-state index contributed by atoms with van der Waals surface area (Å²) in [5.41, 5.74) is 3.23. The number of aldehydes is 1. The van der Waals surface area contributed by atoms with Crippen molar-refractivity contribution in [1.82, 2.24) is 4.90 Å². The standard InChI is InChI=1S/C27H35BN2O5/c1-4-30(5-2)21-14-15-23-22(24(19-31)27(32)35-26(23)17-21)12-7-6-10-16-29(3)18-20-11-8-9-13-25(20)28(33)34/h8-9,11,13-15,17,19,33-34H,4-7,10,12,16,18H2,1-3H3. The Morgan fingerprint density at radius 3 is 2.46 bits per heavy atom. The van der Waals surface area contributed by atoms with E-state index in [9.17, 15) is 19.6 Å². The molecule has 3 rings (SSSR count). The van der Waals surface area contributed by atoms with Crippen LogP contribution in [0.25, 0.3) is 11.0 Å². The predicted molar refractivity (Wildman–Crippen MR) is 142 cm³/mol. The molecule has 0 amide bonds. The van der Waals surface area contributed by atoms with Gasteiger partial charge in [-0.05, 0) is 75.4 Å². The van der Waals surface area contributed by atoms with E-state index in [0.29, 0.717) is 30.3 Å². The summed E-state index contributed by atoms with van der Waals surface area (Å²) >= 11 is 0. The predicted octanol–water partition coefficient (Wildman–Crippen LogP) is 2.98. The third-order valence-corrected chi connectivity index (χ3v) is 6.52. The van der Waals surface area contributed by atoms with Gasteiger partial charge in [-0.3, -0.25) is 4.79 Å². The van der Waals surface area contributed by atoms with Crippen LogP contribution in [0.4, 0.5) is 5.69 Å². The van der Waals surface area contributed by atoms with Crippen LogP contribution in [0.5, 0.6) is 0 Å².